The summed E-state index contributed by atoms with van der Waals surface area (Å²) in [6.45, 7) is 0. The van der Waals surface area contributed by atoms with Gasteiger partial charge in [-0.2, -0.15) is 0 Å². The fourth-order valence-electron chi connectivity index (χ4n) is 0. The van der Waals surface area contributed by atoms with Crippen molar-refractivity contribution in [3.8, 4) is 0 Å². The van der Waals surface area contributed by atoms with Crippen LogP contribution in [0.3, 0.4) is 0 Å². The molecule has 0 aromatic carbocycles. The predicted octanol–water partition coefficient (Wildman–Crippen LogP) is -7.29. The Morgan fingerprint density at radius 3 is 0.571 bits per heavy atom. The molecule has 0 radical (unpaired) electrons. The van der Waals surface area contributed by atoms with E-state index < -0.39 is 5.09 Å². The van der Waals surface area contributed by atoms with Gasteiger partial charge in [0.1, 0.15) is 0 Å². The Morgan fingerprint density at radius 2 is 0.571 bits per heavy atom. The van der Waals surface area contributed by atoms with Crippen molar-refractivity contribution < 1.29 is 54.4 Å². The summed E-state index contributed by atoms with van der Waals surface area (Å²) in [6.07, 6.45) is 0. The molecular formula is H22N2O12. The molecule has 0 fully saturated rings. The van der Waals surface area contributed by atoms with Crippen molar-refractivity contribution in [3.63, 3.8) is 0 Å². The summed E-state index contributed by atoms with van der Waals surface area (Å²) in [7, 11) is 0. The third kappa shape index (κ3) is 720. The van der Waals surface area contributed by atoms with E-state index in [4.69, 9.17) is 15.3 Å². The average molecular weight is 242 g/mol. The van der Waals surface area contributed by atoms with Gasteiger partial charge in [-0.15, -0.1) is 0 Å². The summed E-state index contributed by atoms with van der Waals surface area (Å²) in [4.78, 5) is 8.25. The van der Waals surface area contributed by atoms with E-state index in [9.17, 15) is 0 Å². The summed E-state index contributed by atoms with van der Waals surface area (Å²) in [5.74, 6) is 0. The maximum absolute atomic E-state index is 8.25. The lowest BCUT2D eigenvalue weighted by molar-refractivity contribution is -0.402. The van der Waals surface area contributed by atoms with Crippen LogP contribution >= 0.6 is 0 Å². The Labute approximate surface area is 77.2 Å². The van der Waals surface area contributed by atoms with E-state index >= 15 is 0 Å². The quantitative estimate of drug-likeness (QED) is 0.319. The second-order valence-corrected chi connectivity index (χ2v) is 0.224. The molecule has 0 amide bonds. The van der Waals surface area contributed by atoms with Gasteiger partial charge in [-0.3, -0.25) is 0 Å². The molecule has 0 rings (SSSR count). The van der Waals surface area contributed by atoms with Crippen molar-refractivity contribution in [1.82, 2.24) is 6.15 Å². The highest BCUT2D eigenvalue weighted by Gasteiger charge is 1.45. The predicted molar refractivity (Wildman–Crippen MR) is 48.9 cm³/mol. The van der Waals surface area contributed by atoms with E-state index in [1.807, 2.05) is 0 Å². The van der Waals surface area contributed by atoms with E-state index in [1.165, 1.54) is 0 Å². The molecule has 0 saturated carbocycles. The van der Waals surface area contributed by atoms with Gasteiger partial charge in [0.05, 0.1) is 5.09 Å². The lowest BCUT2D eigenvalue weighted by Crippen LogP contribution is -1.74. The van der Waals surface area contributed by atoms with Crippen molar-refractivity contribution in [3.05, 3.63) is 15.3 Å². The van der Waals surface area contributed by atoms with Crippen molar-refractivity contribution in [2.75, 3.05) is 0 Å². The molecule has 14 heteroatoms. The normalized spacial score (nSPS) is 1.71. The smallest absolute Gasteiger partial charge is 0.0689 e. The second kappa shape index (κ2) is 425. The van der Waals surface area contributed by atoms with Crippen molar-refractivity contribution in [2.24, 2.45) is 0 Å². The third-order valence-electron chi connectivity index (χ3n) is 0. The number of hydrogen-bond donors (Lipinski definition) is 1. The van der Waals surface area contributed by atoms with Gasteiger partial charge in [-0.05, 0) is 0 Å². The molecule has 0 spiro atoms. The van der Waals surface area contributed by atoms with Crippen LogP contribution in [0.25, 0.3) is 0 Å². The molecule has 22 N–H and O–H groups in total. The Kier molecular flexibility index (Phi) is 16700. The molecular weight excluding hydrogens is 220 g/mol. The summed E-state index contributed by atoms with van der Waals surface area (Å²) in [5.41, 5.74) is 0. The van der Waals surface area contributed by atoms with Gasteiger partial charge in [0.25, 0.3) is 0 Å². The van der Waals surface area contributed by atoms with Crippen LogP contribution < -0.4 is 6.15 Å². The van der Waals surface area contributed by atoms with Crippen LogP contribution in [0.1, 0.15) is 0 Å². The van der Waals surface area contributed by atoms with Crippen LogP contribution in [0, 0.1) is 15.3 Å². The van der Waals surface area contributed by atoms with E-state index in [0.717, 1.165) is 0 Å². The van der Waals surface area contributed by atoms with E-state index in [0.29, 0.717) is 0 Å². The first-order valence-corrected chi connectivity index (χ1v) is 0.548. The van der Waals surface area contributed by atoms with Crippen LogP contribution in [0.2, 0.25) is 0 Å². The third-order valence-corrected chi connectivity index (χ3v) is 0. The monoisotopic (exact) mass is 242 g/mol. The van der Waals surface area contributed by atoms with Gasteiger partial charge in [-0.25, -0.2) is 0 Å². The number of hydrogen-bond acceptors (Lipinski definition) is 3. The summed E-state index contributed by atoms with van der Waals surface area (Å²) in [6, 6.07) is 0. The molecule has 0 aromatic rings. The molecule has 0 aliphatic carbocycles. The molecule has 0 bridgehead atoms. The Balaban J connectivity index is -0.000000001000. The lowest BCUT2D eigenvalue weighted by Gasteiger charge is -1.74. The van der Waals surface area contributed by atoms with Gasteiger partial charge in [0.15, 0.2) is 0 Å². The minimum Gasteiger partial charge on any atom is -0.412 e. The van der Waals surface area contributed by atoms with E-state index in [1.54, 1.807) is 0 Å². The van der Waals surface area contributed by atoms with Crippen LogP contribution in [-0.2, 0) is 0 Å². The summed E-state index contributed by atoms with van der Waals surface area (Å²) < 4.78 is 0. The fraction of sp³-hybridized carbons (Fsp3) is 0. The number of rotatable bonds is 0. The number of quaternary nitrogens is 1. The largest absolute Gasteiger partial charge is 0.412 e. The SMILES string of the molecule is O.O.O.O.O.O.O.O.O.O=[N+]([O-])[O-].[NH4+]. The van der Waals surface area contributed by atoms with Crippen molar-refractivity contribution in [2.45, 2.75) is 0 Å². The van der Waals surface area contributed by atoms with Crippen LogP contribution in [0.4, 0.5) is 0 Å². The van der Waals surface area contributed by atoms with Crippen LogP contribution in [0.15, 0.2) is 0 Å². The van der Waals surface area contributed by atoms with Crippen molar-refractivity contribution >= 4 is 0 Å². The van der Waals surface area contributed by atoms with Crippen LogP contribution in [-0.4, -0.2) is 54.4 Å². The highest BCUT2D eigenvalue weighted by Crippen LogP contribution is 1.44. The molecule has 0 aliphatic heterocycles. The zero-order valence-corrected chi connectivity index (χ0v) is 7.17. The molecule has 0 atom stereocenters. The molecule has 14 heavy (non-hydrogen) atoms. The van der Waals surface area contributed by atoms with Crippen LogP contribution in [0.5, 0.6) is 0 Å². The molecule has 14 nitrogen and oxygen atoms in total. The van der Waals surface area contributed by atoms with E-state index in [2.05, 4.69) is 0 Å². The Morgan fingerprint density at radius 1 is 0.571 bits per heavy atom. The minimum absolute atomic E-state index is 0. The first kappa shape index (κ1) is 550. The highest BCUT2D eigenvalue weighted by atomic mass is 16.9. The summed E-state index contributed by atoms with van der Waals surface area (Å²) in [5, 5.41) is 14.8. The fourth-order valence-corrected chi connectivity index (χ4v) is 0. The van der Waals surface area contributed by atoms with Gasteiger partial charge in [0, 0.05) is 0 Å². The molecule has 0 unspecified atom stereocenters. The molecule has 0 aromatic heterocycles. The Bertz CT molecular complexity index is 31.3. The highest BCUT2D eigenvalue weighted by molar-refractivity contribution is 4.03. The van der Waals surface area contributed by atoms with Gasteiger partial charge in [-0.1, -0.05) is 0 Å². The second-order valence-electron chi connectivity index (χ2n) is 0.224. The zero-order chi connectivity index (χ0) is 3.58. The first-order chi connectivity index (χ1) is 1.73. The first-order valence-electron chi connectivity index (χ1n) is 0.548. The molecule has 0 aliphatic rings. The zero-order valence-electron chi connectivity index (χ0n) is 7.17. The van der Waals surface area contributed by atoms with E-state index in [-0.39, 0.29) is 55.4 Å². The standard InChI is InChI=1S/NO3.H3N.9H2O/c2-1(3)4;;;;;;;;;;/h;1H3;9*1H2/q-1;;;;;;;;;;/p+1. The van der Waals surface area contributed by atoms with Gasteiger partial charge in [0.2, 0.25) is 0 Å². The van der Waals surface area contributed by atoms with Gasteiger partial charge < -0.3 is 70.8 Å². The lowest BCUT2D eigenvalue weighted by atomic mass is 13.1. The maximum Gasteiger partial charge on any atom is 0.0689 e. The molecule has 104 valence electrons. The minimum atomic E-state index is -1.75. The van der Waals surface area contributed by atoms with Crippen molar-refractivity contribution in [1.29, 1.82) is 0 Å². The average Bonchev–Trinajstić information content (AvgIpc) is 0.811. The maximum atomic E-state index is 8.25. The molecule has 0 heterocycles. The van der Waals surface area contributed by atoms with Gasteiger partial charge >= 0.3 is 0 Å². The molecule has 0 saturated heterocycles. The summed E-state index contributed by atoms with van der Waals surface area (Å²) >= 11 is 0. The topological polar surface area (TPSA) is 386 Å². The number of nitrogens with zero attached hydrogens (tertiary/aromatic N) is 1. The Hall–Kier alpha value is -1.20.